The van der Waals surface area contributed by atoms with E-state index in [1.165, 1.54) is 0 Å². The van der Waals surface area contributed by atoms with E-state index in [2.05, 4.69) is 15.7 Å². The number of aromatic nitrogens is 2. The number of amides is 2. The molecule has 0 aromatic carbocycles. The van der Waals surface area contributed by atoms with E-state index in [4.69, 9.17) is 0 Å². The molecule has 0 spiro atoms. The van der Waals surface area contributed by atoms with Crippen LogP contribution in [0.15, 0.2) is 6.20 Å². The molecule has 0 atom stereocenters. The van der Waals surface area contributed by atoms with Crippen molar-refractivity contribution in [3.05, 3.63) is 17.5 Å². The normalized spacial score (nSPS) is 17.1. The summed E-state index contributed by atoms with van der Waals surface area (Å²) in [6.45, 7) is 2.83. The maximum Gasteiger partial charge on any atom is 0.315 e. The molecule has 0 radical (unpaired) electrons. The number of hydrogen-bond acceptors (Lipinski definition) is 3. The molecule has 2 amide bonds. The minimum Gasteiger partial charge on any atom is -0.388 e. The molecule has 2 rings (SSSR count). The van der Waals surface area contributed by atoms with Crippen LogP contribution in [-0.2, 0) is 20.0 Å². The average molecular weight is 280 g/mol. The van der Waals surface area contributed by atoms with Crippen molar-refractivity contribution in [3.63, 3.8) is 0 Å². The van der Waals surface area contributed by atoms with Crippen LogP contribution in [0, 0.1) is 0 Å². The number of nitrogens with one attached hydrogen (secondary N) is 2. The monoisotopic (exact) mass is 280 g/mol. The first-order valence-electron chi connectivity index (χ1n) is 7.28. The zero-order valence-electron chi connectivity index (χ0n) is 12.3. The molecule has 112 valence electrons. The van der Waals surface area contributed by atoms with Crippen molar-refractivity contribution in [3.8, 4) is 0 Å². The summed E-state index contributed by atoms with van der Waals surface area (Å²) in [4.78, 5) is 11.8. The predicted molar refractivity (Wildman–Crippen MR) is 76.2 cm³/mol. The van der Waals surface area contributed by atoms with Crippen molar-refractivity contribution in [1.29, 1.82) is 0 Å². The zero-order valence-corrected chi connectivity index (χ0v) is 12.3. The Hall–Kier alpha value is -1.56. The van der Waals surface area contributed by atoms with E-state index in [9.17, 15) is 9.90 Å². The van der Waals surface area contributed by atoms with Crippen LogP contribution in [0.5, 0.6) is 0 Å². The highest BCUT2D eigenvalue weighted by atomic mass is 16.3. The lowest BCUT2D eigenvalue weighted by Gasteiger charge is -2.22. The number of urea groups is 1. The molecule has 0 unspecified atom stereocenters. The molecule has 1 heterocycles. The molecule has 6 heteroatoms. The Labute approximate surface area is 119 Å². The Kier molecular flexibility index (Phi) is 4.65. The Morgan fingerprint density at radius 3 is 2.80 bits per heavy atom. The first-order valence-corrected chi connectivity index (χ1v) is 7.28. The molecule has 6 nitrogen and oxygen atoms in total. The minimum absolute atomic E-state index is 0.240. The quantitative estimate of drug-likeness (QED) is 0.755. The van der Waals surface area contributed by atoms with Crippen LogP contribution >= 0.6 is 0 Å². The van der Waals surface area contributed by atoms with Crippen molar-refractivity contribution >= 4 is 6.03 Å². The molecule has 1 fully saturated rings. The van der Waals surface area contributed by atoms with Gasteiger partial charge in [0.2, 0.25) is 0 Å². The summed E-state index contributed by atoms with van der Waals surface area (Å²) in [5.41, 5.74) is 1.33. The van der Waals surface area contributed by atoms with Gasteiger partial charge in [-0.2, -0.15) is 5.10 Å². The fourth-order valence-corrected chi connectivity index (χ4v) is 2.72. The van der Waals surface area contributed by atoms with E-state index in [-0.39, 0.29) is 6.03 Å². The molecule has 0 saturated heterocycles. The lowest BCUT2D eigenvalue weighted by molar-refractivity contribution is 0.0501. The molecule has 1 aliphatic carbocycles. The van der Waals surface area contributed by atoms with E-state index in [0.29, 0.717) is 13.1 Å². The lowest BCUT2D eigenvalue weighted by Crippen LogP contribution is -2.44. The van der Waals surface area contributed by atoms with Crippen molar-refractivity contribution in [2.45, 2.75) is 51.2 Å². The number of carbonyl (C=O) groups excluding carboxylic acids is 1. The van der Waals surface area contributed by atoms with Gasteiger partial charge in [-0.15, -0.1) is 0 Å². The van der Waals surface area contributed by atoms with Crippen LogP contribution in [0.2, 0.25) is 0 Å². The predicted octanol–water partition coefficient (Wildman–Crippen LogP) is 1.09. The third kappa shape index (κ3) is 3.72. The van der Waals surface area contributed by atoms with Crippen LogP contribution in [-0.4, -0.2) is 33.1 Å². The maximum absolute atomic E-state index is 11.8. The van der Waals surface area contributed by atoms with Crippen molar-refractivity contribution in [1.82, 2.24) is 20.4 Å². The summed E-state index contributed by atoms with van der Waals surface area (Å²) in [6, 6.07) is -0.240. The third-order valence-corrected chi connectivity index (χ3v) is 3.88. The lowest BCUT2D eigenvalue weighted by atomic mass is 10.0. The smallest absolute Gasteiger partial charge is 0.315 e. The molecular weight excluding hydrogens is 256 g/mol. The van der Waals surface area contributed by atoms with Gasteiger partial charge >= 0.3 is 6.03 Å². The highest BCUT2D eigenvalue weighted by molar-refractivity contribution is 5.73. The molecular formula is C14H24N4O2. The van der Waals surface area contributed by atoms with Crippen LogP contribution in [0.3, 0.4) is 0 Å². The molecule has 20 heavy (non-hydrogen) atoms. The summed E-state index contributed by atoms with van der Waals surface area (Å²) in [5.74, 6) is 0. The highest BCUT2D eigenvalue weighted by Gasteiger charge is 2.31. The van der Waals surface area contributed by atoms with E-state index in [1.54, 1.807) is 4.68 Å². The molecule has 3 N–H and O–H groups in total. The SMILES string of the molecule is CCc1nn(C)cc1CNC(=O)NCC1(O)CCCC1. The summed E-state index contributed by atoms with van der Waals surface area (Å²) in [6.07, 6.45) is 6.39. The maximum atomic E-state index is 11.8. The number of hydrogen-bond donors (Lipinski definition) is 3. The second-order valence-electron chi connectivity index (χ2n) is 5.60. The minimum atomic E-state index is -0.708. The van der Waals surface area contributed by atoms with E-state index >= 15 is 0 Å². The van der Waals surface area contributed by atoms with Gasteiger partial charge in [0.15, 0.2) is 0 Å². The molecule has 1 saturated carbocycles. The molecule has 1 aliphatic rings. The van der Waals surface area contributed by atoms with Gasteiger partial charge < -0.3 is 15.7 Å². The Morgan fingerprint density at radius 1 is 1.45 bits per heavy atom. The first-order chi connectivity index (χ1) is 9.52. The summed E-state index contributed by atoms with van der Waals surface area (Å²) < 4.78 is 1.76. The summed E-state index contributed by atoms with van der Waals surface area (Å²) in [5, 5.41) is 20.1. The standard InChI is InChI=1S/C14H24N4O2/c1-3-12-11(9-18(2)17-12)8-15-13(19)16-10-14(20)6-4-5-7-14/h9,20H,3-8,10H2,1-2H3,(H2,15,16,19). The fourth-order valence-electron chi connectivity index (χ4n) is 2.72. The van der Waals surface area contributed by atoms with Gasteiger partial charge in [-0.05, 0) is 19.3 Å². The van der Waals surface area contributed by atoms with Gasteiger partial charge in [-0.25, -0.2) is 4.79 Å². The number of rotatable bonds is 5. The van der Waals surface area contributed by atoms with Crippen molar-refractivity contribution in [2.24, 2.45) is 7.05 Å². The van der Waals surface area contributed by atoms with Crippen LogP contribution in [0.4, 0.5) is 4.79 Å². The Balaban J connectivity index is 1.77. The van der Waals surface area contributed by atoms with Crippen molar-refractivity contribution < 1.29 is 9.90 Å². The number of aliphatic hydroxyl groups is 1. The Morgan fingerprint density at radius 2 is 2.15 bits per heavy atom. The average Bonchev–Trinajstić information content (AvgIpc) is 3.00. The number of nitrogens with zero attached hydrogens (tertiary/aromatic N) is 2. The van der Waals surface area contributed by atoms with E-state index in [1.807, 2.05) is 20.2 Å². The van der Waals surface area contributed by atoms with Crippen molar-refractivity contribution in [2.75, 3.05) is 6.54 Å². The topological polar surface area (TPSA) is 79.2 Å². The fraction of sp³-hybridized carbons (Fsp3) is 0.714. The molecule has 0 bridgehead atoms. The molecule has 1 aromatic rings. The highest BCUT2D eigenvalue weighted by Crippen LogP contribution is 2.28. The van der Waals surface area contributed by atoms with E-state index in [0.717, 1.165) is 43.4 Å². The van der Waals surface area contributed by atoms with Gasteiger partial charge in [0.1, 0.15) is 0 Å². The first kappa shape index (κ1) is 14.8. The van der Waals surface area contributed by atoms with Gasteiger partial charge in [-0.1, -0.05) is 19.8 Å². The van der Waals surface area contributed by atoms with Gasteiger partial charge in [0.05, 0.1) is 11.3 Å². The zero-order chi connectivity index (χ0) is 14.6. The van der Waals surface area contributed by atoms with Crippen LogP contribution in [0.1, 0.15) is 43.9 Å². The second-order valence-corrected chi connectivity index (χ2v) is 5.60. The summed E-state index contributed by atoms with van der Waals surface area (Å²) >= 11 is 0. The molecule has 1 aromatic heterocycles. The van der Waals surface area contributed by atoms with Gasteiger partial charge in [0.25, 0.3) is 0 Å². The number of carbonyl (C=O) groups is 1. The van der Waals surface area contributed by atoms with Crippen LogP contribution < -0.4 is 10.6 Å². The largest absolute Gasteiger partial charge is 0.388 e. The van der Waals surface area contributed by atoms with E-state index < -0.39 is 5.60 Å². The second kappa shape index (κ2) is 6.26. The van der Waals surface area contributed by atoms with Gasteiger partial charge in [-0.3, -0.25) is 4.68 Å². The Bertz CT molecular complexity index is 464. The third-order valence-electron chi connectivity index (χ3n) is 3.88. The van der Waals surface area contributed by atoms with Gasteiger partial charge in [0, 0.05) is 31.9 Å². The number of aryl methyl sites for hydroxylation is 2. The molecule has 0 aliphatic heterocycles. The van der Waals surface area contributed by atoms with Crippen LogP contribution in [0.25, 0.3) is 0 Å². The summed E-state index contributed by atoms with van der Waals surface area (Å²) in [7, 11) is 1.87.